The Balaban J connectivity index is 1.79. The van der Waals surface area contributed by atoms with Crippen LogP contribution in [0.1, 0.15) is 13.3 Å². The Kier molecular flexibility index (Phi) is 4.49. The maximum atomic E-state index is 12.1. The van der Waals surface area contributed by atoms with Gasteiger partial charge in [-0.2, -0.15) is 0 Å². The number of thiazole rings is 1. The van der Waals surface area contributed by atoms with Crippen LogP contribution >= 0.6 is 50.4 Å². The Hall–Kier alpha value is -0.700. The van der Waals surface area contributed by atoms with Crippen molar-refractivity contribution in [3.63, 3.8) is 0 Å². The second kappa shape index (κ2) is 6.20. The average molecular weight is 403 g/mol. The minimum Gasteiger partial charge on any atom is -0.288 e. The highest BCUT2D eigenvalue weighted by molar-refractivity contribution is 9.10. The third-order valence-electron chi connectivity index (χ3n) is 2.99. The molecule has 0 aliphatic carbocycles. The van der Waals surface area contributed by atoms with Crippen molar-refractivity contribution in [1.82, 2.24) is 4.98 Å². The summed E-state index contributed by atoms with van der Waals surface area (Å²) < 4.78 is 1.02. The number of aromatic nitrogens is 1. The van der Waals surface area contributed by atoms with Crippen molar-refractivity contribution in [3.8, 4) is 10.6 Å². The highest BCUT2D eigenvalue weighted by Gasteiger charge is 2.33. The molecule has 4 nitrogen and oxygen atoms in total. The van der Waals surface area contributed by atoms with Crippen LogP contribution < -0.4 is 4.90 Å². The molecule has 3 heterocycles. The molecule has 2 aromatic heterocycles. The molecule has 1 unspecified atom stereocenters. The second-order valence-corrected chi connectivity index (χ2v) is 8.64. The minimum atomic E-state index is 0.0378. The number of thioether (sulfide) groups is 1. The van der Waals surface area contributed by atoms with Crippen LogP contribution in [0.15, 0.2) is 21.3 Å². The lowest BCUT2D eigenvalue weighted by Gasteiger charge is -2.11. The number of hydrogen-bond donors (Lipinski definition) is 0. The quantitative estimate of drug-likeness (QED) is 0.777. The van der Waals surface area contributed by atoms with Crippen LogP contribution in [0.4, 0.5) is 5.13 Å². The molecule has 0 N–H and O–H groups in total. The van der Waals surface area contributed by atoms with E-state index in [9.17, 15) is 9.59 Å². The maximum Gasteiger partial charge on any atom is 0.230 e. The summed E-state index contributed by atoms with van der Waals surface area (Å²) in [5.41, 5.74) is 0.882. The monoisotopic (exact) mass is 402 g/mol. The summed E-state index contributed by atoms with van der Waals surface area (Å²) in [4.78, 5) is 30.6. The molecule has 110 valence electrons. The van der Waals surface area contributed by atoms with Gasteiger partial charge in [0.1, 0.15) is 0 Å². The summed E-state index contributed by atoms with van der Waals surface area (Å²) in [6, 6.07) is 1.99. The molecule has 1 atom stereocenters. The molecule has 0 saturated carbocycles. The molecule has 1 fully saturated rings. The van der Waals surface area contributed by atoms with Crippen LogP contribution in [0.5, 0.6) is 0 Å². The van der Waals surface area contributed by atoms with Gasteiger partial charge in [-0.3, -0.25) is 14.5 Å². The molecule has 3 rings (SSSR count). The van der Waals surface area contributed by atoms with E-state index in [1.54, 1.807) is 16.2 Å². The van der Waals surface area contributed by atoms with E-state index in [0.29, 0.717) is 18.1 Å². The van der Waals surface area contributed by atoms with E-state index in [1.165, 1.54) is 30.0 Å². The minimum absolute atomic E-state index is 0.0378. The van der Waals surface area contributed by atoms with Gasteiger partial charge in [-0.05, 0) is 27.4 Å². The van der Waals surface area contributed by atoms with Gasteiger partial charge in [0.15, 0.2) is 10.2 Å². The number of carbonyl (C=O) groups is 2. The molecule has 2 aromatic rings. The van der Waals surface area contributed by atoms with E-state index in [4.69, 9.17) is 0 Å². The zero-order valence-corrected chi connectivity index (χ0v) is 15.1. The number of amides is 1. The number of thiophene rings is 1. The topological polar surface area (TPSA) is 50.3 Å². The van der Waals surface area contributed by atoms with Crippen LogP contribution in [0.2, 0.25) is 0 Å². The molecule has 1 saturated heterocycles. The van der Waals surface area contributed by atoms with Crippen molar-refractivity contribution in [2.75, 3.05) is 11.4 Å². The van der Waals surface area contributed by atoms with Crippen molar-refractivity contribution in [1.29, 1.82) is 0 Å². The van der Waals surface area contributed by atoms with Gasteiger partial charge in [-0.25, -0.2) is 4.98 Å². The fraction of sp³-hybridized carbons (Fsp3) is 0.308. The van der Waals surface area contributed by atoms with Crippen molar-refractivity contribution in [2.45, 2.75) is 18.6 Å². The first-order valence-corrected chi connectivity index (χ1v) is 9.64. The molecular weight excluding hydrogens is 392 g/mol. The summed E-state index contributed by atoms with van der Waals surface area (Å²) in [5, 5.41) is 4.76. The number of rotatable bonds is 3. The molecule has 0 spiro atoms. The fourth-order valence-corrected chi connectivity index (χ4v) is 5.51. The Bertz CT molecular complexity index is 697. The molecule has 0 bridgehead atoms. The van der Waals surface area contributed by atoms with Crippen LogP contribution in [0, 0.1) is 0 Å². The molecule has 1 amide bonds. The molecule has 8 heteroatoms. The summed E-state index contributed by atoms with van der Waals surface area (Å²) in [7, 11) is 0. The first kappa shape index (κ1) is 15.2. The molecular formula is C13H11BrN2O2S3. The van der Waals surface area contributed by atoms with Crippen molar-refractivity contribution >= 4 is 66.5 Å². The van der Waals surface area contributed by atoms with E-state index in [1.807, 2.05) is 16.8 Å². The lowest BCUT2D eigenvalue weighted by atomic mass is 10.4. The third-order valence-corrected chi connectivity index (χ3v) is 6.70. The zero-order valence-electron chi connectivity index (χ0n) is 11.0. The number of anilines is 1. The molecule has 0 radical (unpaired) electrons. The van der Waals surface area contributed by atoms with Crippen molar-refractivity contribution in [3.05, 3.63) is 21.3 Å². The van der Waals surface area contributed by atoms with E-state index < -0.39 is 0 Å². The van der Waals surface area contributed by atoms with Gasteiger partial charge in [0.2, 0.25) is 5.91 Å². The number of nitrogens with zero attached hydrogens (tertiary/aromatic N) is 2. The smallest absolute Gasteiger partial charge is 0.230 e. The van der Waals surface area contributed by atoms with Gasteiger partial charge < -0.3 is 0 Å². The Morgan fingerprint density at radius 2 is 2.33 bits per heavy atom. The Morgan fingerprint density at radius 3 is 3.00 bits per heavy atom. The van der Waals surface area contributed by atoms with E-state index >= 15 is 0 Å². The van der Waals surface area contributed by atoms with Gasteiger partial charge in [0.05, 0.1) is 10.6 Å². The summed E-state index contributed by atoms with van der Waals surface area (Å²) in [6.45, 7) is 2.09. The molecule has 1 aliphatic rings. The van der Waals surface area contributed by atoms with Gasteiger partial charge in [-0.15, -0.1) is 22.7 Å². The first-order chi connectivity index (χ1) is 10.0. The second-order valence-electron chi connectivity index (χ2n) is 4.55. The number of hydrogen-bond acceptors (Lipinski definition) is 6. The highest BCUT2D eigenvalue weighted by Crippen LogP contribution is 2.37. The van der Waals surface area contributed by atoms with E-state index in [0.717, 1.165) is 15.0 Å². The highest BCUT2D eigenvalue weighted by atomic mass is 79.9. The van der Waals surface area contributed by atoms with Crippen molar-refractivity contribution in [2.24, 2.45) is 0 Å². The zero-order chi connectivity index (χ0) is 15.0. The Morgan fingerprint density at radius 1 is 1.52 bits per heavy atom. The van der Waals surface area contributed by atoms with Gasteiger partial charge in [0, 0.05) is 35.0 Å². The third kappa shape index (κ3) is 3.23. The Labute approximate surface area is 142 Å². The molecule has 1 aliphatic heterocycles. The summed E-state index contributed by atoms with van der Waals surface area (Å²) >= 11 is 7.82. The van der Waals surface area contributed by atoms with Gasteiger partial charge in [-0.1, -0.05) is 11.8 Å². The predicted molar refractivity (Wildman–Crippen MR) is 92.2 cm³/mol. The normalized spacial score (nSPS) is 18.5. The van der Waals surface area contributed by atoms with E-state index in [2.05, 4.69) is 20.9 Å². The van der Waals surface area contributed by atoms with Gasteiger partial charge in [0.25, 0.3) is 0 Å². The van der Waals surface area contributed by atoms with Crippen LogP contribution in [0.3, 0.4) is 0 Å². The summed E-state index contributed by atoms with van der Waals surface area (Å²) in [5.74, 6) is 0.0416. The van der Waals surface area contributed by atoms with Crippen molar-refractivity contribution < 1.29 is 9.59 Å². The lowest BCUT2D eigenvalue weighted by Crippen LogP contribution is -2.24. The molecule has 0 aromatic carbocycles. The maximum absolute atomic E-state index is 12.1. The van der Waals surface area contributed by atoms with E-state index in [-0.39, 0.29) is 16.3 Å². The number of carbonyl (C=O) groups excluding carboxylic acids is 2. The lowest BCUT2D eigenvalue weighted by molar-refractivity contribution is -0.117. The van der Waals surface area contributed by atoms with Gasteiger partial charge >= 0.3 is 0 Å². The standard InChI is InChI=1S/C13H11BrN2O2S3/c1-7(17)21-8-4-11(18)16(5-8)13-15-10(6-20-13)12-9(14)2-3-19-12/h2-3,6,8H,4-5H2,1H3. The summed E-state index contributed by atoms with van der Waals surface area (Å²) in [6.07, 6.45) is 0.405. The van der Waals surface area contributed by atoms with Crippen LogP contribution in [-0.4, -0.2) is 27.8 Å². The number of halogens is 1. The largest absolute Gasteiger partial charge is 0.288 e. The molecule has 21 heavy (non-hydrogen) atoms. The van der Waals surface area contributed by atoms with Crippen LogP contribution in [0.25, 0.3) is 10.6 Å². The fourth-order valence-electron chi connectivity index (χ4n) is 2.14. The SMILES string of the molecule is CC(=O)SC1CC(=O)N(c2nc(-c3sccc3Br)cs2)C1. The predicted octanol–water partition coefficient (Wildman–Crippen LogP) is 4.02. The first-order valence-electron chi connectivity index (χ1n) is 6.21. The average Bonchev–Trinajstić information content (AvgIpc) is 3.08. The van der Waals surface area contributed by atoms with Crippen LogP contribution in [-0.2, 0) is 9.59 Å².